The first-order valence-electron chi connectivity index (χ1n) is 1.80. The summed E-state index contributed by atoms with van der Waals surface area (Å²) in [6, 6.07) is 0. The molecule has 0 aromatic rings. The smallest absolute Gasteiger partial charge is 0.269 e. The van der Waals surface area contributed by atoms with Gasteiger partial charge in [0.1, 0.15) is 0 Å². The van der Waals surface area contributed by atoms with Crippen molar-refractivity contribution in [1.29, 1.82) is 0 Å². The first-order valence-corrected chi connectivity index (χ1v) is 1.80. The molecule has 0 aromatic carbocycles. The molecule has 5 heavy (non-hydrogen) atoms. The SMILES string of the molecule is BOB(C)C. The Labute approximate surface area is 34.3 Å². The Morgan fingerprint density at radius 2 is 1.80 bits per heavy atom. The molecule has 0 aliphatic carbocycles. The van der Waals surface area contributed by atoms with Crippen LogP contribution in [-0.4, -0.2) is 15.0 Å². The zero-order chi connectivity index (χ0) is 4.28. The first-order chi connectivity index (χ1) is 2.27. The summed E-state index contributed by atoms with van der Waals surface area (Å²) < 4.78 is 4.75. The van der Waals surface area contributed by atoms with Crippen molar-refractivity contribution in [2.75, 3.05) is 0 Å². The molecule has 0 amide bonds. The van der Waals surface area contributed by atoms with Gasteiger partial charge in [-0.1, -0.05) is 13.6 Å². The molecule has 0 unspecified atom stereocenters. The summed E-state index contributed by atoms with van der Waals surface area (Å²) >= 11 is 0. The molecular weight excluding hydrogens is 61.6 g/mol. The van der Waals surface area contributed by atoms with Gasteiger partial charge in [-0.3, -0.25) is 0 Å². The first kappa shape index (κ1) is 5.09. The van der Waals surface area contributed by atoms with Crippen LogP contribution >= 0.6 is 0 Å². The Kier molecular flexibility index (Phi) is 2.38. The molecule has 0 bridgehead atoms. The highest BCUT2D eigenvalue weighted by molar-refractivity contribution is 6.52. The van der Waals surface area contributed by atoms with E-state index in [-0.39, 0.29) is 0 Å². The Hall–Kier alpha value is 0.0899. The Balaban J connectivity index is 2.54. The van der Waals surface area contributed by atoms with Gasteiger partial charge in [-0.15, -0.1) is 0 Å². The van der Waals surface area contributed by atoms with Gasteiger partial charge in [0.05, 0.1) is 0 Å². The summed E-state index contributed by atoms with van der Waals surface area (Å²) in [7, 11) is 1.70. The lowest BCUT2D eigenvalue weighted by Crippen LogP contribution is -2.02. The van der Waals surface area contributed by atoms with E-state index in [1.54, 1.807) is 8.05 Å². The second kappa shape index (κ2) is 2.33. The zero-order valence-corrected chi connectivity index (χ0v) is 3.99. The fourth-order valence-corrected chi connectivity index (χ4v) is 0. The average molecular weight is 69.7 g/mol. The Morgan fingerprint density at radius 3 is 1.80 bits per heavy atom. The van der Waals surface area contributed by atoms with Crippen molar-refractivity contribution in [2.45, 2.75) is 13.6 Å². The highest BCUT2D eigenvalue weighted by Crippen LogP contribution is 1.72. The van der Waals surface area contributed by atoms with Crippen molar-refractivity contribution in [1.82, 2.24) is 0 Å². The fourth-order valence-electron chi connectivity index (χ4n) is 0. The van der Waals surface area contributed by atoms with E-state index in [4.69, 9.17) is 4.57 Å². The van der Waals surface area contributed by atoms with Crippen molar-refractivity contribution in [3.63, 3.8) is 0 Å². The molecule has 0 aromatic heterocycles. The lowest BCUT2D eigenvalue weighted by atomic mass is 9.74. The minimum atomic E-state index is 0.384. The van der Waals surface area contributed by atoms with Crippen LogP contribution in [0.4, 0.5) is 0 Å². The Morgan fingerprint density at radius 1 is 1.60 bits per heavy atom. The summed E-state index contributed by atoms with van der Waals surface area (Å²) in [5.74, 6) is 0. The lowest BCUT2D eigenvalue weighted by molar-refractivity contribution is 0.647. The molecule has 3 heteroatoms. The van der Waals surface area contributed by atoms with Gasteiger partial charge in [-0.2, -0.15) is 0 Å². The molecule has 28 valence electrons. The van der Waals surface area contributed by atoms with E-state index in [9.17, 15) is 0 Å². The van der Waals surface area contributed by atoms with Crippen LogP contribution in [0.5, 0.6) is 0 Å². The van der Waals surface area contributed by atoms with Crippen molar-refractivity contribution < 1.29 is 4.57 Å². The van der Waals surface area contributed by atoms with E-state index in [1.807, 2.05) is 13.6 Å². The van der Waals surface area contributed by atoms with Crippen molar-refractivity contribution in [2.24, 2.45) is 0 Å². The molecule has 0 aliphatic rings. The molecule has 0 saturated heterocycles. The van der Waals surface area contributed by atoms with Gasteiger partial charge in [0.25, 0.3) is 6.92 Å². The molecule has 0 aliphatic heterocycles. The third kappa shape index (κ3) is 4.09. The third-order valence-corrected chi connectivity index (χ3v) is 0.471. The van der Waals surface area contributed by atoms with Crippen molar-refractivity contribution in [3.05, 3.63) is 0 Å². The average Bonchev–Trinajstić information content (AvgIpc) is 1.38. The number of rotatable bonds is 1. The predicted octanol–water partition coefficient (Wildman–Crippen LogP) is -0.198. The van der Waals surface area contributed by atoms with E-state index in [0.717, 1.165) is 0 Å². The third-order valence-electron chi connectivity index (χ3n) is 0.471. The highest BCUT2D eigenvalue weighted by atomic mass is 16.4. The predicted molar refractivity (Wildman–Crippen MR) is 27.1 cm³/mol. The van der Waals surface area contributed by atoms with Gasteiger partial charge >= 0.3 is 0 Å². The maximum Gasteiger partial charge on any atom is 0.269 e. The van der Waals surface area contributed by atoms with Crippen LogP contribution in [0.25, 0.3) is 0 Å². The monoisotopic (exact) mass is 70.1 g/mol. The minimum absolute atomic E-state index is 0.384. The molecule has 0 N–H and O–H groups in total. The van der Waals surface area contributed by atoms with Crippen LogP contribution in [0.2, 0.25) is 13.6 Å². The molecule has 0 spiro atoms. The normalized spacial score (nSPS) is 7.60. The van der Waals surface area contributed by atoms with Crippen molar-refractivity contribution >= 4 is 15.0 Å². The summed E-state index contributed by atoms with van der Waals surface area (Å²) in [5, 5.41) is 0. The van der Waals surface area contributed by atoms with Crippen LogP contribution in [0.15, 0.2) is 0 Å². The van der Waals surface area contributed by atoms with Gasteiger partial charge < -0.3 is 4.57 Å². The standard InChI is InChI=1S/C2H8B2O/c1-4(2)5-3/h3H2,1-2H3. The summed E-state index contributed by atoms with van der Waals surface area (Å²) in [6.45, 7) is 4.38. The van der Waals surface area contributed by atoms with Gasteiger partial charge in [-0.05, 0) is 0 Å². The topological polar surface area (TPSA) is 9.23 Å². The summed E-state index contributed by atoms with van der Waals surface area (Å²) in [4.78, 5) is 0. The van der Waals surface area contributed by atoms with E-state index in [0.29, 0.717) is 6.92 Å². The summed E-state index contributed by atoms with van der Waals surface area (Å²) in [6.07, 6.45) is 0. The molecule has 0 fully saturated rings. The molecular formula is C2H8B2O. The largest absolute Gasteiger partial charge is 0.504 e. The number of hydrogen-bond acceptors (Lipinski definition) is 1. The zero-order valence-electron chi connectivity index (χ0n) is 3.99. The van der Waals surface area contributed by atoms with Crippen LogP contribution in [-0.2, 0) is 4.57 Å². The van der Waals surface area contributed by atoms with Crippen LogP contribution in [0.1, 0.15) is 0 Å². The molecule has 0 rings (SSSR count). The molecule has 0 atom stereocenters. The highest BCUT2D eigenvalue weighted by Gasteiger charge is 1.87. The van der Waals surface area contributed by atoms with Gasteiger partial charge in [0, 0.05) is 0 Å². The van der Waals surface area contributed by atoms with E-state index in [2.05, 4.69) is 0 Å². The Bertz CT molecular complexity index is 21.6. The van der Waals surface area contributed by atoms with E-state index >= 15 is 0 Å². The number of hydrogen-bond donors (Lipinski definition) is 0. The van der Waals surface area contributed by atoms with Crippen LogP contribution < -0.4 is 0 Å². The van der Waals surface area contributed by atoms with Crippen molar-refractivity contribution in [3.8, 4) is 0 Å². The fraction of sp³-hybridized carbons (Fsp3) is 1.00. The molecule has 1 nitrogen and oxygen atoms in total. The van der Waals surface area contributed by atoms with Crippen LogP contribution in [0, 0.1) is 0 Å². The molecule has 0 heterocycles. The maximum atomic E-state index is 4.75. The van der Waals surface area contributed by atoms with Gasteiger partial charge in [-0.25, -0.2) is 0 Å². The second-order valence-electron chi connectivity index (χ2n) is 1.28. The molecule has 0 radical (unpaired) electrons. The lowest BCUT2D eigenvalue weighted by Gasteiger charge is -1.90. The quantitative estimate of drug-likeness (QED) is 0.388. The van der Waals surface area contributed by atoms with E-state index < -0.39 is 0 Å². The minimum Gasteiger partial charge on any atom is -0.504 e. The van der Waals surface area contributed by atoms with Gasteiger partial charge in [0.15, 0.2) is 0 Å². The van der Waals surface area contributed by atoms with Gasteiger partial charge in [0.2, 0.25) is 8.05 Å². The maximum absolute atomic E-state index is 4.75. The second-order valence-corrected chi connectivity index (χ2v) is 1.28. The van der Waals surface area contributed by atoms with E-state index in [1.165, 1.54) is 0 Å². The molecule has 0 saturated carbocycles. The summed E-state index contributed by atoms with van der Waals surface area (Å²) in [5.41, 5.74) is 0. The van der Waals surface area contributed by atoms with Crippen LogP contribution in [0.3, 0.4) is 0 Å².